The molecular formula is C7H5ClN2O. The smallest absolute Gasteiger partial charge is 0.230 e. The maximum Gasteiger partial charge on any atom is 0.230 e. The van der Waals surface area contributed by atoms with Crippen molar-refractivity contribution in [1.82, 2.24) is 5.16 Å². The molecule has 1 aromatic carbocycles. The molecule has 0 unspecified atom stereocenters. The second-order valence-corrected chi connectivity index (χ2v) is 2.64. The Morgan fingerprint density at radius 3 is 3.09 bits per heavy atom. The van der Waals surface area contributed by atoms with Gasteiger partial charge in [0.2, 0.25) is 5.88 Å². The van der Waals surface area contributed by atoms with Crippen LogP contribution < -0.4 is 5.73 Å². The zero-order valence-corrected chi connectivity index (χ0v) is 6.30. The molecule has 11 heavy (non-hydrogen) atoms. The van der Waals surface area contributed by atoms with Crippen LogP contribution in [0.1, 0.15) is 0 Å². The molecule has 0 aliphatic rings. The molecule has 2 aromatic rings. The lowest BCUT2D eigenvalue weighted by molar-refractivity contribution is 0.445. The molecule has 0 spiro atoms. The van der Waals surface area contributed by atoms with Crippen molar-refractivity contribution >= 4 is 28.4 Å². The molecular weight excluding hydrogens is 164 g/mol. The number of anilines is 1. The summed E-state index contributed by atoms with van der Waals surface area (Å²) in [5, 5.41) is 5.13. The number of halogens is 1. The molecule has 0 bridgehead atoms. The van der Waals surface area contributed by atoms with Crippen LogP contribution >= 0.6 is 11.6 Å². The summed E-state index contributed by atoms with van der Waals surface area (Å²) in [5.74, 6) is 0.330. The van der Waals surface area contributed by atoms with Crippen molar-refractivity contribution in [2.24, 2.45) is 0 Å². The SMILES string of the molecule is Nc1onc2cc(Cl)ccc12. The van der Waals surface area contributed by atoms with Crippen molar-refractivity contribution in [3.8, 4) is 0 Å². The van der Waals surface area contributed by atoms with Crippen LogP contribution in [0.2, 0.25) is 5.02 Å². The highest BCUT2D eigenvalue weighted by Crippen LogP contribution is 2.22. The minimum Gasteiger partial charge on any atom is -0.367 e. The maximum atomic E-state index is 5.71. The highest BCUT2D eigenvalue weighted by Gasteiger charge is 2.03. The number of fused-ring (bicyclic) bond motifs is 1. The number of nitrogens with two attached hydrogens (primary N) is 1. The molecule has 0 saturated heterocycles. The summed E-state index contributed by atoms with van der Waals surface area (Å²) in [6.07, 6.45) is 0. The average molecular weight is 169 g/mol. The van der Waals surface area contributed by atoms with E-state index in [-0.39, 0.29) is 0 Å². The summed E-state index contributed by atoms with van der Waals surface area (Å²) in [5.41, 5.74) is 6.14. The Hall–Kier alpha value is -1.22. The zero-order chi connectivity index (χ0) is 7.84. The molecule has 0 amide bonds. The Bertz CT molecular complexity index is 396. The van der Waals surface area contributed by atoms with E-state index in [4.69, 9.17) is 21.9 Å². The first-order valence-electron chi connectivity index (χ1n) is 3.08. The Labute approximate surface area is 67.7 Å². The fourth-order valence-corrected chi connectivity index (χ4v) is 1.10. The average Bonchev–Trinajstić information content (AvgIpc) is 2.32. The molecule has 4 heteroatoms. The lowest BCUT2D eigenvalue weighted by Gasteiger charge is -1.87. The third-order valence-electron chi connectivity index (χ3n) is 1.47. The number of nitrogens with zero attached hydrogens (tertiary/aromatic N) is 1. The van der Waals surface area contributed by atoms with E-state index in [0.717, 1.165) is 5.39 Å². The van der Waals surface area contributed by atoms with Crippen LogP contribution in [0.4, 0.5) is 5.88 Å². The van der Waals surface area contributed by atoms with Crippen molar-refractivity contribution in [3.63, 3.8) is 0 Å². The van der Waals surface area contributed by atoms with E-state index < -0.39 is 0 Å². The third-order valence-corrected chi connectivity index (χ3v) is 1.70. The van der Waals surface area contributed by atoms with Gasteiger partial charge in [-0.25, -0.2) is 0 Å². The first-order chi connectivity index (χ1) is 5.27. The monoisotopic (exact) mass is 168 g/mol. The van der Waals surface area contributed by atoms with E-state index >= 15 is 0 Å². The minimum absolute atomic E-state index is 0.330. The predicted molar refractivity (Wildman–Crippen MR) is 43.4 cm³/mol. The van der Waals surface area contributed by atoms with Crippen LogP contribution in [0, 0.1) is 0 Å². The Morgan fingerprint density at radius 2 is 2.27 bits per heavy atom. The van der Waals surface area contributed by atoms with Crippen LogP contribution in [0.25, 0.3) is 10.9 Å². The molecule has 2 N–H and O–H groups in total. The summed E-state index contributed by atoms with van der Waals surface area (Å²) < 4.78 is 4.74. The normalized spacial score (nSPS) is 10.6. The largest absolute Gasteiger partial charge is 0.367 e. The fourth-order valence-electron chi connectivity index (χ4n) is 0.936. The molecule has 56 valence electrons. The van der Waals surface area contributed by atoms with Gasteiger partial charge in [-0.2, -0.15) is 0 Å². The summed E-state index contributed by atoms with van der Waals surface area (Å²) in [6.45, 7) is 0. The predicted octanol–water partition coefficient (Wildman–Crippen LogP) is 2.06. The summed E-state index contributed by atoms with van der Waals surface area (Å²) in [6, 6.07) is 5.23. The van der Waals surface area contributed by atoms with Crippen molar-refractivity contribution in [1.29, 1.82) is 0 Å². The lowest BCUT2D eigenvalue weighted by Crippen LogP contribution is -1.78. The number of hydrogen-bond acceptors (Lipinski definition) is 3. The Morgan fingerprint density at radius 1 is 1.45 bits per heavy atom. The quantitative estimate of drug-likeness (QED) is 0.655. The van der Waals surface area contributed by atoms with Gasteiger partial charge in [0.15, 0.2) is 0 Å². The van der Waals surface area contributed by atoms with E-state index in [2.05, 4.69) is 5.16 Å². The molecule has 0 aliphatic heterocycles. The van der Waals surface area contributed by atoms with E-state index in [1.54, 1.807) is 18.2 Å². The van der Waals surface area contributed by atoms with Crippen molar-refractivity contribution < 1.29 is 4.52 Å². The molecule has 0 fully saturated rings. The van der Waals surface area contributed by atoms with Gasteiger partial charge < -0.3 is 10.3 Å². The van der Waals surface area contributed by atoms with Gasteiger partial charge in [-0.3, -0.25) is 0 Å². The second kappa shape index (κ2) is 2.13. The highest BCUT2D eigenvalue weighted by atomic mass is 35.5. The van der Waals surface area contributed by atoms with Gasteiger partial charge in [0.05, 0.1) is 5.39 Å². The third kappa shape index (κ3) is 0.935. The topological polar surface area (TPSA) is 52.0 Å². The lowest BCUT2D eigenvalue weighted by atomic mass is 10.2. The summed E-state index contributed by atoms with van der Waals surface area (Å²) >= 11 is 5.71. The van der Waals surface area contributed by atoms with E-state index in [9.17, 15) is 0 Å². The summed E-state index contributed by atoms with van der Waals surface area (Å²) in [7, 11) is 0. The van der Waals surface area contributed by atoms with Crippen LogP contribution in [0.15, 0.2) is 22.7 Å². The van der Waals surface area contributed by atoms with Crippen LogP contribution in [0.3, 0.4) is 0 Å². The van der Waals surface area contributed by atoms with E-state index in [1.165, 1.54) is 0 Å². The number of nitrogen functional groups attached to an aromatic ring is 1. The van der Waals surface area contributed by atoms with Crippen LogP contribution in [-0.2, 0) is 0 Å². The minimum atomic E-state index is 0.330. The van der Waals surface area contributed by atoms with Crippen LogP contribution in [0.5, 0.6) is 0 Å². The van der Waals surface area contributed by atoms with Crippen LogP contribution in [-0.4, -0.2) is 5.16 Å². The fraction of sp³-hybridized carbons (Fsp3) is 0. The highest BCUT2D eigenvalue weighted by molar-refractivity contribution is 6.31. The Kier molecular flexibility index (Phi) is 1.26. The van der Waals surface area contributed by atoms with Crippen molar-refractivity contribution in [2.75, 3.05) is 5.73 Å². The second-order valence-electron chi connectivity index (χ2n) is 2.21. The van der Waals surface area contributed by atoms with Gasteiger partial charge in [-0.1, -0.05) is 16.8 Å². The number of aromatic nitrogens is 1. The summed E-state index contributed by atoms with van der Waals surface area (Å²) in [4.78, 5) is 0. The molecule has 0 radical (unpaired) electrons. The Balaban J connectivity index is 2.86. The molecule has 0 saturated carbocycles. The van der Waals surface area contributed by atoms with Gasteiger partial charge >= 0.3 is 0 Å². The molecule has 3 nitrogen and oxygen atoms in total. The van der Waals surface area contributed by atoms with Gasteiger partial charge in [0.1, 0.15) is 5.52 Å². The van der Waals surface area contributed by atoms with Gasteiger partial charge in [-0.05, 0) is 18.2 Å². The first-order valence-corrected chi connectivity index (χ1v) is 3.45. The van der Waals surface area contributed by atoms with Gasteiger partial charge in [0.25, 0.3) is 0 Å². The number of benzene rings is 1. The molecule has 0 atom stereocenters. The maximum absolute atomic E-state index is 5.71. The van der Waals surface area contributed by atoms with Crippen molar-refractivity contribution in [2.45, 2.75) is 0 Å². The zero-order valence-electron chi connectivity index (χ0n) is 5.54. The van der Waals surface area contributed by atoms with E-state index in [1.807, 2.05) is 0 Å². The van der Waals surface area contributed by atoms with E-state index in [0.29, 0.717) is 16.4 Å². The first kappa shape index (κ1) is 6.49. The molecule has 1 aromatic heterocycles. The van der Waals surface area contributed by atoms with Crippen molar-refractivity contribution in [3.05, 3.63) is 23.2 Å². The van der Waals surface area contributed by atoms with Gasteiger partial charge in [0, 0.05) is 5.02 Å². The molecule has 1 heterocycles. The standard InChI is InChI=1S/C7H5ClN2O/c8-4-1-2-5-6(3-4)10-11-7(5)9/h1-3H,9H2. The number of rotatable bonds is 0. The van der Waals surface area contributed by atoms with Gasteiger partial charge in [-0.15, -0.1) is 0 Å². The molecule has 2 rings (SSSR count). The number of hydrogen-bond donors (Lipinski definition) is 1. The molecule has 0 aliphatic carbocycles.